The van der Waals surface area contributed by atoms with Crippen LogP contribution in [0.15, 0.2) is 30.3 Å². The zero-order chi connectivity index (χ0) is 9.80. The second-order valence-corrected chi connectivity index (χ2v) is 3.51. The van der Waals surface area contributed by atoms with Crippen molar-refractivity contribution in [2.75, 3.05) is 31.1 Å². The maximum Gasteiger partial charge on any atom is 0.0872 e. The predicted molar refractivity (Wildman–Crippen MR) is 57.4 cm³/mol. The molecule has 0 saturated carbocycles. The van der Waals surface area contributed by atoms with Crippen LogP contribution in [0.5, 0.6) is 0 Å². The smallest absolute Gasteiger partial charge is 0.0872 e. The van der Waals surface area contributed by atoms with Gasteiger partial charge in [-0.2, -0.15) is 0 Å². The van der Waals surface area contributed by atoms with Crippen LogP contribution in [-0.2, 0) is 4.74 Å². The van der Waals surface area contributed by atoms with E-state index in [1.165, 1.54) is 5.69 Å². The van der Waals surface area contributed by atoms with E-state index >= 15 is 0 Å². The van der Waals surface area contributed by atoms with Gasteiger partial charge in [-0.05, 0) is 12.1 Å². The molecule has 1 fully saturated rings. The number of morpholine rings is 1. The molecule has 0 bridgehead atoms. The molecule has 0 radical (unpaired) electrons. The number of hydrogen-bond acceptors (Lipinski definition) is 3. The van der Waals surface area contributed by atoms with Crippen LogP contribution in [-0.4, -0.2) is 32.3 Å². The molecule has 1 aliphatic rings. The highest BCUT2D eigenvalue weighted by Gasteiger charge is 2.18. The highest BCUT2D eigenvalue weighted by Crippen LogP contribution is 2.16. The first-order valence-corrected chi connectivity index (χ1v) is 5.02. The lowest BCUT2D eigenvalue weighted by molar-refractivity contribution is 0.0466. The van der Waals surface area contributed by atoms with E-state index < -0.39 is 0 Å². The average Bonchev–Trinajstić information content (AvgIpc) is 2.30. The van der Waals surface area contributed by atoms with Crippen LogP contribution in [0, 0.1) is 0 Å². The van der Waals surface area contributed by atoms with Gasteiger partial charge in [-0.25, -0.2) is 0 Å². The molecule has 3 nitrogen and oxygen atoms in total. The van der Waals surface area contributed by atoms with E-state index in [9.17, 15) is 0 Å². The Morgan fingerprint density at radius 2 is 2.14 bits per heavy atom. The number of benzene rings is 1. The molecule has 1 aromatic carbocycles. The summed E-state index contributed by atoms with van der Waals surface area (Å²) in [7, 11) is 0. The summed E-state index contributed by atoms with van der Waals surface area (Å²) in [5.41, 5.74) is 6.85. The molecule has 76 valence electrons. The van der Waals surface area contributed by atoms with Crippen molar-refractivity contribution in [2.24, 2.45) is 5.73 Å². The third-order valence-corrected chi connectivity index (χ3v) is 2.52. The Balaban J connectivity index is 2.04. The lowest BCUT2D eigenvalue weighted by Gasteiger charge is -2.33. The molecule has 1 aromatic rings. The minimum Gasteiger partial charge on any atom is -0.373 e. The fraction of sp³-hybridized carbons (Fsp3) is 0.455. The third-order valence-electron chi connectivity index (χ3n) is 2.52. The monoisotopic (exact) mass is 192 g/mol. The fourth-order valence-electron chi connectivity index (χ4n) is 1.74. The van der Waals surface area contributed by atoms with Gasteiger partial charge in [0.05, 0.1) is 12.7 Å². The average molecular weight is 192 g/mol. The molecular weight excluding hydrogens is 176 g/mol. The third kappa shape index (κ3) is 2.05. The second kappa shape index (κ2) is 4.44. The minimum absolute atomic E-state index is 0.184. The normalized spacial score (nSPS) is 22.4. The molecule has 1 heterocycles. The van der Waals surface area contributed by atoms with Crippen LogP contribution in [0.25, 0.3) is 0 Å². The summed E-state index contributed by atoms with van der Waals surface area (Å²) < 4.78 is 5.51. The molecule has 14 heavy (non-hydrogen) atoms. The molecule has 0 unspecified atom stereocenters. The summed E-state index contributed by atoms with van der Waals surface area (Å²) >= 11 is 0. The molecule has 2 rings (SSSR count). The minimum atomic E-state index is 0.184. The van der Waals surface area contributed by atoms with E-state index in [2.05, 4.69) is 29.2 Å². The number of anilines is 1. The molecule has 0 aromatic heterocycles. The molecule has 3 heteroatoms. The van der Waals surface area contributed by atoms with E-state index in [-0.39, 0.29) is 6.10 Å². The van der Waals surface area contributed by atoms with Crippen molar-refractivity contribution in [3.8, 4) is 0 Å². The van der Waals surface area contributed by atoms with Crippen molar-refractivity contribution in [3.05, 3.63) is 30.3 Å². The van der Waals surface area contributed by atoms with Gasteiger partial charge in [0.2, 0.25) is 0 Å². The summed E-state index contributed by atoms with van der Waals surface area (Å²) in [5, 5.41) is 0. The number of nitrogens with two attached hydrogens (primary N) is 1. The first-order chi connectivity index (χ1) is 6.90. The molecule has 1 atom stereocenters. The van der Waals surface area contributed by atoms with Crippen molar-refractivity contribution in [3.63, 3.8) is 0 Å². The quantitative estimate of drug-likeness (QED) is 0.755. The van der Waals surface area contributed by atoms with Gasteiger partial charge in [-0.1, -0.05) is 18.2 Å². The molecule has 0 spiro atoms. The van der Waals surface area contributed by atoms with Crippen LogP contribution in [0.4, 0.5) is 5.69 Å². The Morgan fingerprint density at radius 3 is 2.86 bits per heavy atom. The molecular formula is C11H16N2O. The van der Waals surface area contributed by atoms with Gasteiger partial charge in [0.1, 0.15) is 0 Å². The largest absolute Gasteiger partial charge is 0.373 e. The first kappa shape index (κ1) is 9.49. The van der Waals surface area contributed by atoms with Gasteiger partial charge in [0.15, 0.2) is 0 Å². The Bertz CT molecular complexity index is 276. The zero-order valence-corrected chi connectivity index (χ0v) is 8.23. The van der Waals surface area contributed by atoms with Crippen molar-refractivity contribution in [2.45, 2.75) is 6.10 Å². The van der Waals surface area contributed by atoms with Crippen molar-refractivity contribution < 1.29 is 4.74 Å². The second-order valence-electron chi connectivity index (χ2n) is 3.51. The Labute approximate surface area is 84.5 Å². The molecule has 0 amide bonds. The van der Waals surface area contributed by atoms with E-state index in [1.54, 1.807) is 0 Å². The molecule has 1 saturated heterocycles. The van der Waals surface area contributed by atoms with E-state index in [4.69, 9.17) is 10.5 Å². The highest BCUT2D eigenvalue weighted by atomic mass is 16.5. The number of rotatable bonds is 2. The number of hydrogen-bond donors (Lipinski definition) is 1. The maximum absolute atomic E-state index is 5.59. The van der Waals surface area contributed by atoms with Gasteiger partial charge < -0.3 is 15.4 Å². The summed E-state index contributed by atoms with van der Waals surface area (Å²) in [4.78, 5) is 2.32. The van der Waals surface area contributed by atoms with E-state index in [1.807, 2.05) is 6.07 Å². The number of ether oxygens (including phenoxy) is 1. The first-order valence-electron chi connectivity index (χ1n) is 5.02. The van der Waals surface area contributed by atoms with Crippen molar-refractivity contribution in [1.82, 2.24) is 0 Å². The van der Waals surface area contributed by atoms with Crippen molar-refractivity contribution >= 4 is 5.69 Å². The lowest BCUT2D eigenvalue weighted by atomic mass is 10.2. The maximum atomic E-state index is 5.59. The zero-order valence-electron chi connectivity index (χ0n) is 8.23. The van der Waals surface area contributed by atoms with Crippen LogP contribution in [0.3, 0.4) is 0 Å². The fourth-order valence-corrected chi connectivity index (χ4v) is 1.74. The molecule has 0 aliphatic carbocycles. The van der Waals surface area contributed by atoms with Crippen LogP contribution in [0.1, 0.15) is 0 Å². The van der Waals surface area contributed by atoms with Crippen LogP contribution in [0.2, 0.25) is 0 Å². The van der Waals surface area contributed by atoms with Crippen LogP contribution < -0.4 is 10.6 Å². The summed E-state index contributed by atoms with van der Waals surface area (Å²) in [6, 6.07) is 10.4. The molecule has 2 N–H and O–H groups in total. The Morgan fingerprint density at radius 1 is 1.36 bits per heavy atom. The summed E-state index contributed by atoms with van der Waals surface area (Å²) in [6.45, 7) is 3.24. The SMILES string of the molecule is NC[C@@H]1CN(c2ccccc2)CCO1. The highest BCUT2D eigenvalue weighted by molar-refractivity contribution is 5.46. The predicted octanol–water partition coefficient (Wildman–Crippen LogP) is 0.850. The molecule has 1 aliphatic heterocycles. The van der Waals surface area contributed by atoms with E-state index in [0.717, 1.165) is 19.7 Å². The number of nitrogens with zero attached hydrogens (tertiary/aromatic N) is 1. The Hall–Kier alpha value is -1.06. The van der Waals surface area contributed by atoms with Gasteiger partial charge in [-0.15, -0.1) is 0 Å². The Kier molecular flexibility index (Phi) is 3.01. The summed E-state index contributed by atoms with van der Waals surface area (Å²) in [6.07, 6.45) is 0.184. The van der Waals surface area contributed by atoms with Gasteiger partial charge in [0.25, 0.3) is 0 Å². The lowest BCUT2D eigenvalue weighted by Crippen LogP contribution is -2.45. The number of para-hydroxylation sites is 1. The topological polar surface area (TPSA) is 38.5 Å². The van der Waals surface area contributed by atoms with E-state index in [0.29, 0.717) is 6.54 Å². The van der Waals surface area contributed by atoms with Gasteiger partial charge >= 0.3 is 0 Å². The van der Waals surface area contributed by atoms with Crippen molar-refractivity contribution in [1.29, 1.82) is 0 Å². The van der Waals surface area contributed by atoms with Crippen LogP contribution >= 0.6 is 0 Å². The van der Waals surface area contributed by atoms with Gasteiger partial charge in [0, 0.05) is 25.3 Å². The van der Waals surface area contributed by atoms with Gasteiger partial charge in [-0.3, -0.25) is 0 Å². The summed E-state index contributed by atoms with van der Waals surface area (Å²) in [5.74, 6) is 0. The standard InChI is InChI=1S/C11H16N2O/c12-8-11-9-13(6-7-14-11)10-4-2-1-3-5-10/h1-5,11H,6-9,12H2/t11-/m1/s1.